The molecule has 0 aliphatic rings. The zero-order chi connectivity index (χ0) is 25.0. The summed E-state index contributed by atoms with van der Waals surface area (Å²) in [4.78, 5) is 31.5. The molecule has 3 rings (SSSR count). The van der Waals surface area contributed by atoms with Crippen molar-refractivity contribution >= 4 is 24.0 Å². The number of rotatable bonds is 5. The van der Waals surface area contributed by atoms with Crippen molar-refractivity contribution in [1.82, 2.24) is 20.0 Å². The molecule has 0 amide bonds. The lowest BCUT2D eigenvalue weighted by atomic mass is 10.0. The number of methoxy groups -OCH3 is 1. The number of hydrogen-bond donors (Lipinski definition) is 3. The maximum atomic E-state index is 13.1. The minimum Gasteiger partial charge on any atom is -0.494 e. The lowest BCUT2D eigenvalue weighted by molar-refractivity contribution is 0.112. The molecule has 0 aliphatic carbocycles. The van der Waals surface area contributed by atoms with Crippen LogP contribution in [0.4, 0.5) is 8.78 Å². The number of pyridine rings is 3. The molecule has 0 spiro atoms. The van der Waals surface area contributed by atoms with Crippen molar-refractivity contribution in [3.8, 4) is 22.7 Å². The Morgan fingerprint density at radius 1 is 1.24 bits per heavy atom. The normalized spacial score (nSPS) is 9.79. The fourth-order valence-corrected chi connectivity index (χ4v) is 2.63. The zero-order valence-corrected chi connectivity index (χ0v) is 19.0. The van der Waals surface area contributed by atoms with Gasteiger partial charge in [-0.25, -0.2) is 13.8 Å². The first-order chi connectivity index (χ1) is 15.8. The van der Waals surface area contributed by atoms with Gasteiger partial charge in [0, 0.05) is 36.6 Å². The van der Waals surface area contributed by atoms with Gasteiger partial charge in [-0.2, -0.15) is 0 Å². The highest BCUT2D eigenvalue weighted by molar-refractivity contribution is 7.78. The second-order valence-electron chi connectivity index (χ2n) is 6.19. The number of ether oxygens (including phenoxy) is 1. The third-order valence-corrected chi connectivity index (χ3v) is 3.99. The summed E-state index contributed by atoms with van der Waals surface area (Å²) in [7, 11) is 3.02. The quantitative estimate of drug-likeness (QED) is 0.218. The first-order valence-electron chi connectivity index (χ1n) is 9.27. The molecule has 3 heterocycles. The van der Waals surface area contributed by atoms with Gasteiger partial charge in [0.05, 0.1) is 18.8 Å². The Morgan fingerprint density at radius 2 is 1.88 bits per heavy atom. The minimum atomic E-state index is -2.78. The van der Waals surface area contributed by atoms with Crippen LogP contribution < -0.4 is 27.3 Å². The van der Waals surface area contributed by atoms with Gasteiger partial charge in [0.25, 0.3) is 12.0 Å². The number of carbonyl (C=O) groups is 1. The maximum absolute atomic E-state index is 13.1. The van der Waals surface area contributed by atoms with Gasteiger partial charge in [-0.1, -0.05) is 12.2 Å². The van der Waals surface area contributed by atoms with Crippen molar-refractivity contribution in [2.75, 3.05) is 14.2 Å². The SMILES string of the molecule is CNN.COc1cnc(C(F)F)cc1-c1cc(-n2ccc(C)cc2=O)ncc1C=O.NC=S.[HH]. The van der Waals surface area contributed by atoms with Crippen molar-refractivity contribution in [3.05, 3.63) is 70.0 Å². The predicted octanol–water partition coefficient (Wildman–Crippen LogP) is 2.59. The molecule has 0 aliphatic heterocycles. The number of nitrogens with one attached hydrogen (secondary N) is 1. The van der Waals surface area contributed by atoms with Gasteiger partial charge in [0.2, 0.25) is 0 Å². The molecule has 0 unspecified atom stereocenters. The fourth-order valence-electron chi connectivity index (χ4n) is 2.63. The molecule has 0 atom stereocenters. The minimum absolute atomic E-state index is 0. The molecule has 0 saturated carbocycles. The summed E-state index contributed by atoms with van der Waals surface area (Å²) in [5, 5.41) is 0. The third-order valence-electron chi connectivity index (χ3n) is 3.99. The van der Waals surface area contributed by atoms with Crippen LogP contribution in [0.5, 0.6) is 5.75 Å². The topological polar surface area (TPSA) is 138 Å². The fraction of sp³-hybridized carbons (Fsp3) is 0.190. The molecular formula is C21H26F2N6O3S. The Morgan fingerprint density at radius 3 is 2.39 bits per heavy atom. The number of aromatic nitrogens is 3. The van der Waals surface area contributed by atoms with Crippen molar-refractivity contribution in [2.24, 2.45) is 11.6 Å². The average Bonchev–Trinajstić information content (AvgIpc) is 2.79. The van der Waals surface area contributed by atoms with Crippen molar-refractivity contribution in [1.29, 1.82) is 0 Å². The number of aryl methyl sites for hydroxylation is 1. The van der Waals surface area contributed by atoms with Gasteiger partial charge < -0.3 is 10.5 Å². The van der Waals surface area contributed by atoms with Crippen LogP contribution in [0.3, 0.4) is 0 Å². The summed E-state index contributed by atoms with van der Waals surface area (Å²) in [5.41, 5.74) is 8.64. The van der Waals surface area contributed by atoms with E-state index in [-0.39, 0.29) is 29.7 Å². The molecule has 178 valence electrons. The molecule has 12 heteroatoms. The summed E-state index contributed by atoms with van der Waals surface area (Å²) in [6.45, 7) is 1.79. The molecule has 0 aromatic carbocycles. The number of thiocarbonyl (C=S) groups is 1. The van der Waals surface area contributed by atoms with Crippen LogP contribution in [0, 0.1) is 6.92 Å². The largest absolute Gasteiger partial charge is 0.494 e. The molecule has 3 aromatic rings. The Balaban J connectivity index is 0.00000141. The van der Waals surface area contributed by atoms with Crippen LogP contribution in [0.25, 0.3) is 16.9 Å². The number of alkyl halides is 2. The Labute approximate surface area is 195 Å². The Bertz CT molecular complexity index is 1150. The van der Waals surface area contributed by atoms with E-state index < -0.39 is 12.1 Å². The summed E-state index contributed by atoms with van der Waals surface area (Å²) in [6, 6.07) is 5.82. The monoisotopic (exact) mass is 480 g/mol. The van der Waals surface area contributed by atoms with Crippen molar-refractivity contribution < 1.29 is 19.7 Å². The van der Waals surface area contributed by atoms with E-state index in [4.69, 9.17) is 4.74 Å². The average molecular weight is 481 g/mol. The van der Waals surface area contributed by atoms with E-state index in [1.165, 1.54) is 36.2 Å². The summed E-state index contributed by atoms with van der Waals surface area (Å²) >= 11 is 4.05. The van der Waals surface area contributed by atoms with Gasteiger partial charge in [0.15, 0.2) is 6.29 Å². The van der Waals surface area contributed by atoms with Crippen LogP contribution in [0.15, 0.2) is 47.7 Å². The highest BCUT2D eigenvalue weighted by Crippen LogP contribution is 2.34. The van der Waals surface area contributed by atoms with E-state index in [0.717, 1.165) is 17.1 Å². The van der Waals surface area contributed by atoms with Gasteiger partial charge in [-0.15, -0.1) is 0 Å². The second-order valence-corrected chi connectivity index (χ2v) is 6.47. The number of hydrazine groups is 1. The maximum Gasteiger partial charge on any atom is 0.280 e. The van der Waals surface area contributed by atoms with E-state index in [9.17, 15) is 18.4 Å². The van der Waals surface area contributed by atoms with Crippen molar-refractivity contribution in [2.45, 2.75) is 13.3 Å². The predicted molar refractivity (Wildman–Crippen MR) is 128 cm³/mol. The van der Waals surface area contributed by atoms with Gasteiger partial charge >= 0.3 is 0 Å². The molecule has 0 fully saturated rings. The van der Waals surface area contributed by atoms with E-state index in [1.54, 1.807) is 26.2 Å². The van der Waals surface area contributed by atoms with Gasteiger partial charge in [0.1, 0.15) is 17.3 Å². The molecule has 5 N–H and O–H groups in total. The van der Waals surface area contributed by atoms with E-state index in [1.807, 2.05) is 0 Å². The zero-order valence-electron chi connectivity index (χ0n) is 18.2. The summed E-state index contributed by atoms with van der Waals surface area (Å²) in [6.07, 6.45) is 1.79. The first-order valence-corrected chi connectivity index (χ1v) is 9.75. The molecule has 33 heavy (non-hydrogen) atoms. The number of hydrogen-bond acceptors (Lipinski definition) is 8. The lowest BCUT2D eigenvalue weighted by Crippen LogP contribution is -2.18. The third kappa shape index (κ3) is 7.49. The summed E-state index contributed by atoms with van der Waals surface area (Å²) < 4.78 is 32.7. The van der Waals surface area contributed by atoms with Gasteiger partial charge in [-0.3, -0.25) is 30.4 Å². The standard InChI is InChI=1S/C19H15F2N3O3.CH6N2.CH3NS.H2/c1-11-3-4-24(18(26)5-11)17-7-13(12(10-25)8-23-17)14-6-15(19(20)21)22-9-16(14)27-2;1-3-2;2-1-3;/h3-10,19H,1-2H3;3H,2H2,1H3;1H,(H2,2,3);1H. The molecule has 0 saturated heterocycles. The number of halogens is 2. The first kappa shape index (κ1) is 27.4. The molecule has 0 radical (unpaired) electrons. The Hall–Kier alpha value is -3.61. The smallest absolute Gasteiger partial charge is 0.280 e. The molecule has 3 aromatic heterocycles. The molecule has 9 nitrogen and oxygen atoms in total. The van der Waals surface area contributed by atoms with Crippen LogP contribution >= 0.6 is 12.2 Å². The lowest BCUT2D eigenvalue weighted by Gasteiger charge is -2.13. The number of nitrogens with zero attached hydrogens (tertiary/aromatic N) is 3. The van der Waals surface area contributed by atoms with Crippen LogP contribution in [-0.4, -0.2) is 40.5 Å². The highest BCUT2D eigenvalue weighted by atomic mass is 32.1. The number of nitrogens with two attached hydrogens (primary N) is 2. The highest BCUT2D eigenvalue weighted by Gasteiger charge is 2.18. The number of aldehydes is 1. The molecular weight excluding hydrogens is 454 g/mol. The van der Waals surface area contributed by atoms with Crippen LogP contribution in [0.2, 0.25) is 0 Å². The van der Waals surface area contributed by atoms with Crippen molar-refractivity contribution in [3.63, 3.8) is 0 Å². The van der Waals surface area contributed by atoms with Gasteiger partial charge in [-0.05, 0) is 37.7 Å². The number of carbonyl (C=O) groups excluding carboxylic acids is 1. The Kier molecular flexibility index (Phi) is 11.4. The van der Waals surface area contributed by atoms with Crippen LogP contribution in [-0.2, 0) is 0 Å². The van der Waals surface area contributed by atoms with E-state index in [2.05, 4.69) is 39.2 Å². The second kappa shape index (κ2) is 13.7. The molecule has 0 bridgehead atoms. The van der Waals surface area contributed by atoms with Crippen LogP contribution in [0.1, 0.15) is 29.5 Å². The van der Waals surface area contributed by atoms with E-state index >= 15 is 0 Å². The summed E-state index contributed by atoms with van der Waals surface area (Å²) in [5.74, 6) is 5.06. The van der Waals surface area contributed by atoms with E-state index in [0.29, 0.717) is 11.8 Å².